The molecule has 0 aromatic carbocycles. The Kier molecular flexibility index (Phi) is 2.45. The van der Waals surface area contributed by atoms with Crippen LogP contribution in [0.5, 0.6) is 0 Å². The van der Waals surface area contributed by atoms with Gasteiger partial charge in [-0.05, 0) is 24.3 Å². The first-order chi connectivity index (χ1) is 9.15. The number of furan rings is 1. The van der Waals surface area contributed by atoms with Crippen LogP contribution in [0.15, 0.2) is 45.7 Å². The second-order valence-corrected chi connectivity index (χ2v) is 3.94. The summed E-state index contributed by atoms with van der Waals surface area (Å²) in [6.45, 7) is 0.0911. The van der Waals surface area contributed by atoms with E-state index in [1.807, 2.05) is 0 Å². The molecule has 0 aliphatic carbocycles. The van der Waals surface area contributed by atoms with E-state index in [4.69, 9.17) is 9.52 Å². The van der Waals surface area contributed by atoms with Crippen molar-refractivity contribution in [3.8, 4) is 0 Å². The zero-order valence-electron chi connectivity index (χ0n) is 9.68. The fourth-order valence-corrected chi connectivity index (χ4v) is 1.80. The Morgan fingerprint density at radius 1 is 1.32 bits per heavy atom. The monoisotopic (exact) mass is 259 g/mol. The van der Waals surface area contributed by atoms with Crippen LogP contribution in [0, 0.1) is 0 Å². The lowest BCUT2D eigenvalue weighted by molar-refractivity contribution is 0.0660. The maximum Gasteiger partial charge on any atom is 0.371 e. The van der Waals surface area contributed by atoms with E-state index in [0.29, 0.717) is 11.4 Å². The molecule has 0 saturated heterocycles. The van der Waals surface area contributed by atoms with Gasteiger partial charge in [-0.25, -0.2) is 14.3 Å². The number of hydrogen-bond donors (Lipinski definition) is 1. The maximum absolute atomic E-state index is 12.0. The summed E-state index contributed by atoms with van der Waals surface area (Å²) < 4.78 is 7.72. The van der Waals surface area contributed by atoms with E-state index in [1.54, 1.807) is 24.4 Å². The third kappa shape index (κ3) is 1.90. The molecule has 7 heteroatoms. The normalized spacial score (nSPS) is 10.9. The smallest absolute Gasteiger partial charge is 0.371 e. The highest BCUT2D eigenvalue weighted by Gasteiger charge is 2.12. The van der Waals surface area contributed by atoms with Crippen LogP contribution in [0.25, 0.3) is 5.65 Å². The molecular formula is C12H9N3O4. The molecule has 0 amide bonds. The number of aromatic nitrogens is 3. The number of carboxylic acids is 1. The Balaban J connectivity index is 1.98. The molecule has 3 aromatic heterocycles. The zero-order chi connectivity index (χ0) is 13.4. The minimum Gasteiger partial charge on any atom is -0.475 e. The highest BCUT2D eigenvalue weighted by atomic mass is 16.4. The highest BCUT2D eigenvalue weighted by molar-refractivity contribution is 5.84. The molecular weight excluding hydrogens is 250 g/mol. The predicted molar refractivity (Wildman–Crippen MR) is 64.2 cm³/mol. The number of fused-ring (bicyclic) bond motifs is 1. The zero-order valence-corrected chi connectivity index (χ0v) is 9.68. The van der Waals surface area contributed by atoms with Gasteiger partial charge < -0.3 is 9.52 Å². The van der Waals surface area contributed by atoms with Crippen LogP contribution in [0.3, 0.4) is 0 Å². The van der Waals surface area contributed by atoms with Crippen molar-refractivity contribution in [1.29, 1.82) is 0 Å². The number of pyridine rings is 1. The summed E-state index contributed by atoms with van der Waals surface area (Å²) in [4.78, 5) is 22.7. The lowest BCUT2D eigenvalue weighted by Crippen LogP contribution is -2.21. The van der Waals surface area contributed by atoms with Crippen molar-refractivity contribution in [3.05, 3.63) is 58.5 Å². The summed E-state index contributed by atoms with van der Waals surface area (Å²) in [6.07, 6.45) is 1.62. The molecule has 7 nitrogen and oxygen atoms in total. The van der Waals surface area contributed by atoms with E-state index in [9.17, 15) is 9.59 Å². The third-order valence-corrected chi connectivity index (χ3v) is 2.67. The summed E-state index contributed by atoms with van der Waals surface area (Å²) in [5, 5.41) is 12.9. The van der Waals surface area contributed by atoms with Crippen molar-refractivity contribution in [2.24, 2.45) is 0 Å². The van der Waals surface area contributed by atoms with E-state index in [1.165, 1.54) is 21.2 Å². The lowest BCUT2D eigenvalue weighted by Gasteiger charge is -1.94. The molecule has 19 heavy (non-hydrogen) atoms. The molecule has 3 aromatic rings. The highest BCUT2D eigenvalue weighted by Crippen LogP contribution is 2.08. The summed E-state index contributed by atoms with van der Waals surface area (Å²) in [6, 6.07) is 8.08. The van der Waals surface area contributed by atoms with E-state index in [0.717, 1.165) is 0 Å². The number of carboxylic acid groups (broad SMARTS) is 1. The first-order valence-corrected chi connectivity index (χ1v) is 5.51. The topological polar surface area (TPSA) is 89.7 Å². The molecule has 3 heterocycles. The second kappa shape index (κ2) is 4.13. The van der Waals surface area contributed by atoms with Crippen LogP contribution < -0.4 is 5.69 Å². The van der Waals surface area contributed by atoms with Gasteiger partial charge in [0, 0.05) is 6.20 Å². The Hall–Kier alpha value is -2.83. The Morgan fingerprint density at radius 2 is 2.16 bits per heavy atom. The summed E-state index contributed by atoms with van der Waals surface area (Å²) in [5.41, 5.74) is 0.224. The third-order valence-electron chi connectivity index (χ3n) is 2.67. The SMILES string of the molecule is O=C(O)c1ccc(Cn2nc3ccccn3c2=O)o1. The minimum atomic E-state index is -1.14. The van der Waals surface area contributed by atoms with Gasteiger partial charge in [-0.2, -0.15) is 0 Å². The van der Waals surface area contributed by atoms with Crippen molar-refractivity contribution in [2.75, 3.05) is 0 Å². The van der Waals surface area contributed by atoms with Gasteiger partial charge in [0.2, 0.25) is 5.76 Å². The number of nitrogens with zero attached hydrogens (tertiary/aromatic N) is 3. The molecule has 1 N–H and O–H groups in total. The van der Waals surface area contributed by atoms with Gasteiger partial charge in [-0.1, -0.05) is 6.07 Å². The Morgan fingerprint density at radius 3 is 2.84 bits per heavy atom. The van der Waals surface area contributed by atoms with Crippen molar-refractivity contribution in [2.45, 2.75) is 6.54 Å². The number of carbonyl (C=O) groups is 1. The van der Waals surface area contributed by atoms with Crippen LogP contribution in [-0.2, 0) is 6.54 Å². The van der Waals surface area contributed by atoms with E-state index >= 15 is 0 Å². The Labute approximate surface area is 106 Å². The van der Waals surface area contributed by atoms with Crippen LogP contribution in [0.4, 0.5) is 0 Å². The Bertz CT molecular complexity index is 812. The van der Waals surface area contributed by atoms with Gasteiger partial charge in [0.05, 0.1) is 0 Å². The fraction of sp³-hybridized carbons (Fsp3) is 0.0833. The van der Waals surface area contributed by atoms with Gasteiger partial charge >= 0.3 is 11.7 Å². The summed E-state index contributed by atoms with van der Waals surface area (Å²) in [7, 11) is 0. The quantitative estimate of drug-likeness (QED) is 0.752. The molecule has 0 aliphatic heterocycles. The van der Waals surface area contributed by atoms with Gasteiger partial charge in [0.1, 0.15) is 12.3 Å². The molecule has 0 bridgehead atoms. The molecule has 0 atom stereocenters. The van der Waals surface area contributed by atoms with Crippen molar-refractivity contribution in [1.82, 2.24) is 14.2 Å². The van der Waals surface area contributed by atoms with Crippen LogP contribution in [-0.4, -0.2) is 25.3 Å². The van der Waals surface area contributed by atoms with Crippen LogP contribution >= 0.6 is 0 Å². The van der Waals surface area contributed by atoms with Gasteiger partial charge in [-0.3, -0.25) is 4.40 Å². The molecule has 0 saturated carbocycles. The fourth-order valence-electron chi connectivity index (χ4n) is 1.80. The van der Waals surface area contributed by atoms with Crippen LogP contribution in [0.1, 0.15) is 16.3 Å². The molecule has 96 valence electrons. The van der Waals surface area contributed by atoms with Gasteiger partial charge in [-0.15, -0.1) is 5.10 Å². The van der Waals surface area contributed by atoms with Crippen molar-refractivity contribution in [3.63, 3.8) is 0 Å². The number of aromatic carboxylic acids is 1. The summed E-state index contributed by atoms with van der Waals surface area (Å²) in [5.74, 6) is -0.941. The molecule has 0 aliphatic rings. The number of rotatable bonds is 3. The van der Waals surface area contributed by atoms with E-state index in [-0.39, 0.29) is 18.0 Å². The van der Waals surface area contributed by atoms with Crippen LogP contribution in [0.2, 0.25) is 0 Å². The first-order valence-electron chi connectivity index (χ1n) is 5.51. The van der Waals surface area contributed by atoms with Crippen molar-refractivity contribution < 1.29 is 14.3 Å². The van der Waals surface area contributed by atoms with Crippen molar-refractivity contribution >= 4 is 11.6 Å². The maximum atomic E-state index is 12.0. The van der Waals surface area contributed by atoms with Gasteiger partial charge in [0.25, 0.3) is 0 Å². The molecule has 0 spiro atoms. The minimum absolute atomic E-state index is 0.0911. The first kappa shape index (κ1) is 11.3. The standard InChI is InChI=1S/C12H9N3O4/c16-11(17)9-5-4-8(19-9)7-15-12(18)14-6-2-1-3-10(14)13-15/h1-6H,7H2,(H,16,17). The number of hydrogen-bond acceptors (Lipinski definition) is 4. The average molecular weight is 259 g/mol. The molecule has 0 unspecified atom stereocenters. The van der Waals surface area contributed by atoms with E-state index in [2.05, 4.69) is 5.10 Å². The molecule has 0 radical (unpaired) electrons. The lowest BCUT2D eigenvalue weighted by atomic mass is 10.4. The predicted octanol–water partition coefficient (Wildman–Crippen LogP) is 0.835. The second-order valence-electron chi connectivity index (χ2n) is 3.94. The largest absolute Gasteiger partial charge is 0.475 e. The van der Waals surface area contributed by atoms with E-state index < -0.39 is 5.97 Å². The molecule has 3 rings (SSSR count). The average Bonchev–Trinajstić information content (AvgIpc) is 2.97. The summed E-state index contributed by atoms with van der Waals surface area (Å²) >= 11 is 0. The molecule has 0 fully saturated rings. The van der Waals surface area contributed by atoms with Gasteiger partial charge in [0.15, 0.2) is 5.65 Å².